The number of ether oxygens (including phenoxy) is 2. The molecule has 3 fully saturated rings. The summed E-state index contributed by atoms with van der Waals surface area (Å²) >= 11 is 0. The van der Waals surface area contributed by atoms with Gasteiger partial charge in [-0.15, -0.1) is 0 Å². The zero-order valence-electron chi connectivity index (χ0n) is 26.3. The van der Waals surface area contributed by atoms with Crippen molar-refractivity contribution in [2.45, 2.75) is 89.1 Å². The third-order valence-electron chi connectivity index (χ3n) is 10.6. The van der Waals surface area contributed by atoms with Gasteiger partial charge in [-0.1, -0.05) is 18.6 Å². The molecule has 4 aliphatic carbocycles. The van der Waals surface area contributed by atoms with Crippen molar-refractivity contribution in [2.75, 3.05) is 19.8 Å². The summed E-state index contributed by atoms with van der Waals surface area (Å²) in [4.78, 5) is 58.9. The SMILES string of the molecule is C[C@]12C[C@H](O)C3(F)[C@@H](CCC4=CC(=O)C=C[C@@]43C)C1CCC2C(=O)COC(=O)C(N)COC(=O)CCCC(CON(O)O)ON(O)O. The van der Waals surface area contributed by atoms with E-state index in [4.69, 9.17) is 36.0 Å². The molecule has 17 heteroatoms. The Balaban J connectivity index is 1.25. The Morgan fingerprint density at radius 3 is 2.47 bits per heavy atom. The number of carbonyl (C=O) groups excluding carboxylic acids is 4. The first kappa shape index (κ1) is 37.1. The number of ketones is 2. The number of alkyl halides is 1. The molecular weight excluding hydrogens is 629 g/mol. The van der Waals surface area contributed by atoms with Gasteiger partial charge in [-0.3, -0.25) is 40.0 Å². The highest BCUT2D eigenvalue weighted by molar-refractivity contribution is 6.01. The van der Waals surface area contributed by atoms with Crippen molar-refractivity contribution < 1.29 is 68.7 Å². The van der Waals surface area contributed by atoms with Crippen LogP contribution in [0.25, 0.3) is 0 Å². The van der Waals surface area contributed by atoms with Crippen LogP contribution < -0.4 is 5.73 Å². The lowest BCUT2D eigenvalue weighted by molar-refractivity contribution is -0.527. The van der Waals surface area contributed by atoms with E-state index in [0.717, 1.165) is 0 Å². The van der Waals surface area contributed by atoms with Crippen LogP contribution in [0.3, 0.4) is 0 Å². The summed E-state index contributed by atoms with van der Waals surface area (Å²) in [5.41, 5.74) is 2.62. The van der Waals surface area contributed by atoms with Crippen molar-refractivity contribution in [2.24, 2.45) is 34.3 Å². The van der Waals surface area contributed by atoms with Crippen LogP contribution in [0.2, 0.25) is 0 Å². The van der Waals surface area contributed by atoms with Gasteiger partial charge in [0.15, 0.2) is 17.2 Å². The lowest BCUT2D eigenvalue weighted by atomic mass is 9.45. The Bertz CT molecular complexity index is 1260. The summed E-state index contributed by atoms with van der Waals surface area (Å²) in [6.45, 7) is 1.99. The molecule has 0 aliphatic heterocycles. The maximum Gasteiger partial charge on any atom is 0.326 e. The van der Waals surface area contributed by atoms with E-state index >= 15 is 4.39 Å². The summed E-state index contributed by atoms with van der Waals surface area (Å²) in [6.07, 6.45) is 3.84. The molecule has 0 radical (unpaired) electrons. The Kier molecular flexibility index (Phi) is 11.7. The van der Waals surface area contributed by atoms with E-state index in [-0.39, 0.29) is 43.2 Å². The third kappa shape index (κ3) is 7.64. The molecule has 9 atom stereocenters. The number of rotatable bonds is 15. The largest absolute Gasteiger partial charge is 0.463 e. The van der Waals surface area contributed by atoms with E-state index in [1.54, 1.807) is 13.0 Å². The second-order valence-electron chi connectivity index (χ2n) is 13.3. The monoisotopic (exact) mass is 673 g/mol. The number of nitrogens with zero attached hydrogens (tertiary/aromatic N) is 2. The molecule has 0 aromatic carbocycles. The van der Waals surface area contributed by atoms with E-state index < -0.39 is 89.1 Å². The molecule has 4 aliphatic rings. The molecule has 0 aromatic rings. The molecule has 3 saturated carbocycles. The molecular formula is C30H44FN3O13. The predicted octanol–water partition coefficient (Wildman–Crippen LogP) is 1.52. The maximum absolute atomic E-state index is 17.2. The molecule has 0 aromatic heterocycles. The first-order chi connectivity index (χ1) is 22.0. The normalized spacial score (nSPS) is 34.3. The van der Waals surface area contributed by atoms with Crippen molar-refractivity contribution in [1.29, 1.82) is 0 Å². The van der Waals surface area contributed by atoms with Gasteiger partial charge in [0.2, 0.25) is 0 Å². The molecule has 16 nitrogen and oxygen atoms in total. The average molecular weight is 674 g/mol. The summed E-state index contributed by atoms with van der Waals surface area (Å²) in [6, 6.07) is -1.38. The summed E-state index contributed by atoms with van der Waals surface area (Å²) < 4.78 is 27.3. The highest BCUT2D eigenvalue weighted by atomic mass is 19.1. The van der Waals surface area contributed by atoms with Crippen molar-refractivity contribution in [1.82, 2.24) is 10.8 Å². The number of halogens is 1. The first-order valence-corrected chi connectivity index (χ1v) is 15.6. The minimum Gasteiger partial charge on any atom is -0.463 e. The molecule has 7 N–H and O–H groups in total. The fraction of sp³-hybridized carbons (Fsp3) is 0.733. The van der Waals surface area contributed by atoms with Crippen molar-refractivity contribution in [3.05, 3.63) is 23.8 Å². The Labute approximate surface area is 270 Å². The van der Waals surface area contributed by atoms with Gasteiger partial charge in [0.05, 0.1) is 16.9 Å². The van der Waals surface area contributed by atoms with Crippen LogP contribution in [-0.4, -0.2) is 104 Å². The third-order valence-corrected chi connectivity index (χ3v) is 10.6. The topological polar surface area (TPSA) is 239 Å². The van der Waals surface area contributed by atoms with Crippen LogP contribution >= 0.6 is 0 Å². The second-order valence-corrected chi connectivity index (χ2v) is 13.3. The van der Waals surface area contributed by atoms with E-state index in [0.29, 0.717) is 31.3 Å². The zero-order valence-corrected chi connectivity index (χ0v) is 26.3. The number of fused-ring (bicyclic) bond motifs is 5. The standard InChI is InChI=1S/C30H44FN3O13/c1-28-13-25(37)30(31)21(7-6-17-12-18(35)10-11-29(17,30)2)20(28)8-9-22(28)24(36)16-45-27(39)23(32)15-44-26(38)5-3-4-19(47-34(42)43)14-46-33(40)41/h10-12,19-23,25,37,40-43H,3-9,13-16,32H2,1-2H3/t19?,20?,21-,22?,23?,25-,28-,29-,30?/m0/s1. The fourth-order valence-electron chi connectivity index (χ4n) is 8.33. The van der Waals surface area contributed by atoms with Gasteiger partial charge in [0.25, 0.3) is 0 Å². The molecule has 0 saturated heterocycles. The number of hydrogen-bond acceptors (Lipinski definition) is 16. The number of aliphatic hydroxyl groups excluding tert-OH is 1. The van der Waals surface area contributed by atoms with Crippen molar-refractivity contribution >= 4 is 23.5 Å². The van der Waals surface area contributed by atoms with Crippen molar-refractivity contribution in [3.8, 4) is 0 Å². The number of Topliss-reactive ketones (excluding diaryl/α,β-unsaturated/α-hetero) is 1. The van der Waals surface area contributed by atoms with Gasteiger partial charge in [-0.25, -0.2) is 14.1 Å². The van der Waals surface area contributed by atoms with Gasteiger partial charge in [0.1, 0.15) is 32.0 Å². The predicted molar refractivity (Wildman–Crippen MR) is 152 cm³/mol. The summed E-state index contributed by atoms with van der Waals surface area (Å²) in [5, 5.41) is 44.9. The molecule has 0 heterocycles. The van der Waals surface area contributed by atoms with Gasteiger partial charge < -0.3 is 20.3 Å². The highest BCUT2D eigenvalue weighted by Gasteiger charge is 2.70. The van der Waals surface area contributed by atoms with Gasteiger partial charge >= 0.3 is 11.9 Å². The Morgan fingerprint density at radius 2 is 1.79 bits per heavy atom. The molecule has 4 rings (SSSR count). The number of allylic oxidation sites excluding steroid dienone is 4. The minimum absolute atomic E-state index is 0.00272. The van der Waals surface area contributed by atoms with Crippen LogP contribution in [0.15, 0.2) is 23.8 Å². The number of aliphatic hydroxyl groups is 1. The van der Waals surface area contributed by atoms with Crippen LogP contribution in [-0.2, 0) is 38.3 Å². The van der Waals surface area contributed by atoms with Gasteiger partial charge in [-0.2, -0.15) is 0 Å². The van der Waals surface area contributed by atoms with E-state index in [2.05, 4.69) is 9.68 Å². The highest BCUT2D eigenvalue weighted by Crippen LogP contribution is 2.68. The lowest BCUT2D eigenvalue weighted by Gasteiger charge is -2.62. The molecule has 0 spiro atoms. The average Bonchev–Trinajstić information content (AvgIpc) is 3.34. The van der Waals surface area contributed by atoms with Gasteiger partial charge in [0, 0.05) is 23.7 Å². The van der Waals surface area contributed by atoms with Gasteiger partial charge in [-0.05, 0) is 75.4 Å². The number of esters is 2. The van der Waals surface area contributed by atoms with Crippen LogP contribution in [0, 0.1) is 28.6 Å². The number of hydrogen-bond donors (Lipinski definition) is 6. The molecule has 264 valence electrons. The van der Waals surface area contributed by atoms with E-state index in [9.17, 15) is 24.3 Å². The summed E-state index contributed by atoms with van der Waals surface area (Å²) in [7, 11) is 0. The molecule has 0 bridgehead atoms. The van der Waals surface area contributed by atoms with Crippen molar-refractivity contribution in [3.63, 3.8) is 0 Å². The fourth-order valence-corrected chi connectivity index (χ4v) is 8.33. The zero-order chi connectivity index (χ0) is 34.7. The first-order valence-electron chi connectivity index (χ1n) is 15.6. The number of nitrogens with two attached hydrogens (primary N) is 1. The number of carbonyl (C=O) groups is 4. The van der Waals surface area contributed by atoms with Crippen LogP contribution in [0.4, 0.5) is 4.39 Å². The molecule has 5 unspecified atom stereocenters. The van der Waals surface area contributed by atoms with E-state index in [1.807, 2.05) is 6.92 Å². The second kappa shape index (κ2) is 14.8. The Hall–Kier alpha value is -2.71. The lowest BCUT2D eigenvalue weighted by Crippen LogP contribution is -2.66. The van der Waals surface area contributed by atoms with Crippen LogP contribution in [0.5, 0.6) is 0 Å². The summed E-state index contributed by atoms with van der Waals surface area (Å²) in [5.74, 6) is -3.60. The maximum atomic E-state index is 17.2. The van der Waals surface area contributed by atoms with Crippen LogP contribution in [0.1, 0.15) is 65.2 Å². The Morgan fingerprint density at radius 1 is 1.06 bits per heavy atom. The van der Waals surface area contributed by atoms with E-state index in [1.165, 1.54) is 12.2 Å². The smallest absolute Gasteiger partial charge is 0.326 e. The minimum atomic E-state index is -2.00. The molecule has 47 heavy (non-hydrogen) atoms. The quantitative estimate of drug-likeness (QED) is 0.107. The molecule has 0 amide bonds.